The summed E-state index contributed by atoms with van der Waals surface area (Å²) in [6.07, 6.45) is 1.93. The van der Waals surface area contributed by atoms with E-state index in [1.165, 1.54) is 0 Å². The predicted molar refractivity (Wildman–Crippen MR) is 106 cm³/mol. The molecule has 1 aromatic carbocycles. The van der Waals surface area contributed by atoms with Crippen molar-refractivity contribution in [2.75, 3.05) is 24.6 Å². The molecule has 3 N–H and O–H groups in total. The summed E-state index contributed by atoms with van der Waals surface area (Å²) >= 11 is 0. The van der Waals surface area contributed by atoms with Gasteiger partial charge in [0.2, 0.25) is 5.91 Å². The first kappa shape index (κ1) is 19.7. The smallest absolute Gasteiger partial charge is 0.220 e. The highest BCUT2D eigenvalue weighted by molar-refractivity contribution is 7.91. The quantitative estimate of drug-likeness (QED) is 0.513. The summed E-state index contributed by atoms with van der Waals surface area (Å²) < 4.78 is 23.4. The van der Waals surface area contributed by atoms with Gasteiger partial charge in [0.15, 0.2) is 15.8 Å². The van der Waals surface area contributed by atoms with Gasteiger partial charge in [-0.05, 0) is 31.2 Å². The lowest BCUT2D eigenvalue weighted by Gasteiger charge is -2.27. The number of carbonyl (C=O) groups is 1. The van der Waals surface area contributed by atoms with E-state index in [0.717, 1.165) is 12.0 Å². The summed E-state index contributed by atoms with van der Waals surface area (Å²) in [6, 6.07) is 10.3. The average Bonchev–Trinajstić information content (AvgIpc) is 3.01. The number of piperidine rings is 1. The molecule has 8 heteroatoms. The Morgan fingerprint density at radius 1 is 1.30 bits per heavy atom. The van der Waals surface area contributed by atoms with Crippen molar-refractivity contribution in [3.8, 4) is 0 Å². The fraction of sp³-hybridized carbons (Fsp3) is 0.579. The van der Waals surface area contributed by atoms with Crippen LogP contribution in [0, 0.1) is 5.92 Å². The van der Waals surface area contributed by atoms with Crippen molar-refractivity contribution in [2.45, 2.75) is 38.3 Å². The summed E-state index contributed by atoms with van der Waals surface area (Å²) in [4.78, 5) is 16.0. The number of nitrogens with zero attached hydrogens (tertiary/aromatic N) is 1. The number of aliphatic imine (C=N–C) groups is 1. The first-order chi connectivity index (χ1) is 12.9. The van der Waals surface area contributed by atoms with E-state index in [9.17, 15) is 13.2 Å². The highest BCUT2D eigenvalue weighted by atomic mass is 32.2. The van der Waals surface area contributed by atoms with Gasteiger partial charge in [0.25, 0.3) is 0 Å². The van der Waals surface area contributed by atoms with Gasteiger partial charge in [-0.1, -0.05) is 30.3 Å². The van der Waals surface area contributed by atoms with Gasteiger partial charge in [0.05, 0.1) is 17.5 Å². The van der Waals surface area contributed by atoms with Crippen molar-refractivity contribution in [3.63, 3.8) is 0 Å². The monoisotopic (exact) mass is 392 g/mol. The molecule has 0 spiro atoms. The van der Waals surface area contributed by atoms with Crippen molar-refractivity contribution >= 4 is 21.7 Å². The van der Waals surface area contributed by atoms with Gasteiger partial charge in [0.1, 0.15) is 0 Å². The van der Waals surface area contributed by atoms with Crippen molar-refractivity contribution < 1.29 is 13.2 Å². The lowest BCUT2D eigenvalue weighted by Crippen LogP contribution is -2.51. The van der Waals surface area contributed by atoms with Crippen LogP contribution in [0.4, 0.5) is 0 Å². The predicted octanol–water partition coefficient (Wildman–Crippen LogP) is 0.996. The molecule has 3 atom stereocenters. The molecule has 7 nitrogen and oxygen atoms in total. The number of amides is 1. The van der Waals surface area contributed by atoms with E-state index in [4.69, 9.17) is 0 Å². The summed E-state index contributed by atoms with van der Waals surface area (Å²) in [5.41, 5.74) is 1.15. The second kappa shape index (κ2) is 8.73. The Morgan fingerprint density at radius 3 is 2.70 bits per heavy atom. The van der Waals surface area contributed by atoms with E-state index in [1.54, 1.807) is 0 Å². The Bertz CT molecular complexity index is 769. The molecule has 0 bridgehead atoms. The molecule has 0 saturated carbocycles. The molecule has 3 rings (SSSR count). The minimum atomic E-state index is -2.90. The van der Waals surface area contributed by atoms with Crippen LogP contribution in [0.25, 0.3) is 0 Å². The standard InChI is InChI=1S/C19H28N4O3S/c1-14(16-5-3-2-4-6-16)22-19(23-17-7-8-18(24)20-12-17)21-11-15-9-10-27(25,26)13-15/h2-6,14-15,17H,7-13H2,1H3,(H,20,24)(H2,21,22,23). The molecule has 2 saturated heterocycles. The third kappa shape index (κ3) is 5.95. The summed E-state index contributed by atoms with van der Waals surface area (Å²) in [6.45, 7) is 3.11. The number of sulfone groups is 1. The van der Waals surface area contributed by atoms with E-state index in [1.807, 2.05) is 18.2 Å². The fourth-order valence-corrected chi connectivity index (χ4v) is 5.30. The largest absolute Gasteiger partial charge is 0.354 e. The summed E-state index contributed by atoms with van der Waals surface area (Å²) in [5.74, 6) is 1.30. The molecule has 0 radical (unpaired) electrons. The highest BCUT2D eigenvalue weighted by Gasteiger charge is 2.28. The zero-order valence-electron chi connectivity index (χ0n) is 15.6. The minimum absolute atomic E-state index is 0.0583. The van der Waals surface area contributed by atoms with Crippen LogP contribution in [-0.2, 0) is 14.6 Å². The minimum Gasteiger partial charge on any atom is -0.354 e. The zero-order valence-corrected chi connectivity index (χ0v) is 16.5. The number of carbonyl (C=O) groups excluding carboxylic acids is 1. The van der Waals surface area contributed by atoms with E-state index in [2.05, 4.69) is 40.0 Å². The number of rotatable bonds is 5. The molecule has 3 unspecified atom stereocenters. The second-order valence-corrected chi connectivity index (χ2v) is 9.65. The molecule has 27 heavy (non-hydrogen) atoms. The maximum Gasteiger partial charge on any atom is 0.220 e. The molecule has 0 aliphatic carbocycles. The summed E-state index contributed by atoms with van der Waals surface area (Å²) in [7, 11) is -2.90. The van der Waals surface area contributed by atoms with Gasteiger partial charge >= 0.3 is 0 Å². The number of nitrogens with one attached hydrogen (secondary N) is 3. The van der Waals surface area contributed by atoms with Crippen LogP contribution in [-0.4, -0.2) is 50.9 Å². The van der Waals surface area contributed by atoms with Crippen LogP contribution >= 0.6 is 0 Å². The number of benzene rings is 1. The van der Waals surface area contributed by atoms with Crippen LogP contribution < -0.4 is 16.0 Å². The topological polar surface area (TPSA) is 99.7 Å². The SMILES string of the molecule is CC(NC(=NCC1CCS(=O)(=O)C1)NC1CCC(=O)NC1)c1ccccc1. The molecule has 2 aliphatic heterocycles. The maximum atomic E-state index is 11.7. The van der Waals surface area contributed by atoms with Crippen LogP contribution in [0.5, 0.6) is 0 Å². The van der Waals surface area contributed by atoms with E-state index in [-0.39, 0.29) is 35.4 Å². The lowest BCUT2D eigenvalue weighted by molar-refractivity contribution is -0.122. The Morgan fingerprint density at radius 2 is 2.07 bits per heavy atom. The Balaban J connectivity index is 1.65. The molecular formula is C19H28N4O3S. The highest BCUT2D eigenvalue weighted by Crippen LogP contribution is 2.18. The number of hydrogen-bond acceptors (Lipinski definition) is 4. The Kier molecular flexibility index (Phi) is 6.36. The van der Waals surface area contributed by atoms with E-state index < -0.39 is 9.84 Å². The normalized spacial score (nSPS) is 26.3. The third-order valence-corrected chi connectivity index (χ3v) is 6.93. The van der Waals surface area contributed by atoms with Crippen molar-refractivity contribution in [1.29, 1.82) is 0 Å². The van der Waals surface area contributed by atoms with Crippen molar-refractivity contribution in [2.24, 2.45) is 10.9 Å². The number of guanidine groups is 1. The molecule has 1 amide bonds. The van der Waals surface area contributed by atoms with Gasteiger partial charge in [0, 0.05) is 25.6 Å². The van der Waals surface area contributed by atoms with Gasteiger partial charge < -0.3 is 16.0 Å². The van der Waals surface area contributed by atoms with E-state index >= 15 is 0 Å². The average molecular weight is 393 g/mol. The second-order valence-electron chi connectivity index (χ2n) is 7.42. The number of hydrogen-bond donors (Lipinski definition) is 3. The van der Waals surface area contributed by atoms with Crippen molar-refractivity contribution in [1.82, 2.24) is 16.0 Å². The molecule has 148 valence electrons. The van der Waals surface area contributed by atoms with Crippen molar-refractivity contribution in [3.05, 3.63) is 35.9 Å². The van der Waals surface area contributed by atoms with Crippen LogP contribution in [0.1, 0.15) is 37.8 Å². The van der Waals surface area contributed by atoms with Crippen LogP contribution in [0.3, 0.4) is 0 Å². The lowest BCUT2D eigenvalue weighted by atomic mass is 10.1. The maximum absolute atomic E-state index is 11.7. The first-order valence-corrected chi connectivity index (χ1v) is 11.3. The molecule has 2 heterocycles. The van der Waals surface area contributed by atoms with Gasteiger partial charge in [-0.25, -0.2) is 8.42 Å². The van der Waals surface area contributed by atoms with Crippen LogP contribution in [0.2, 0.25) is 0 Å². The summed E-state index contributed by atoms with van der Waals surface area (Å²) in [5, 5.41) is 9.68. The Hall–Kier alpha value is -2.09. The van der Waals surface area contributed by atoms with Gasteiger partial charge in [-0.15, -0.1) is 0 Å². The molecule has 0 aromatic heterocycles. The fourth-order valence-electron chi connectivity index (χ4n) is 3.45. The first-order valence-electron chi connectivity index (χ1n) is 9.51. The molecular weight excluding hydrogens is 364 g/mol. The Labute approximate surface area is 160 Å². The van der Waals surface area contributed by atoms with Gasteiger partial charge in [-0.3, -0.25) is 9.79 Å². The molecule has 2 aliphatic rings. The van der Waals surface area contributed by atoms with Crippen LogP contribution in [0.15, 0.2) is 35.3 Å². The third-order valence-electron chi connectivity index (χ3n) is 5.09. The van der Waals surface area contributed by atoms with Gasteiger partial charge in [-0.2, -0.15) is 0 Å². The molecule has 1 aromatic rings. The van der Waals surface area contributed by atoms with E-state index in [0.29, 0.717) is 31.9 Å². The zero-order chi connectivity index (χ0) is 19.3. The molecule has 2 fully saturated rings.